The molecule has 2 saturated carbocycles. The van der Waals surface area contributed by atoms with E-state index in [0.29, 0.717) is 11.0 Å². The highest BCUT2D eigenvalue weighted by Crippen LogP contribution is 2.66. The fourth-order valence-electron chi connectivity index (χ4n) is 4.28. The Hall–Kier alpha value is -1.31. The normalized spacial score (nSPS) is 34.2. The third-order valence-corrected chi connectivity index (χ3v) is 6.33. The molecule has 0 spiro atoms. The number of ether oxygens (including phenoxy) is 1. The first-order valence-corrected chi connectivity index (χ1v) is 7.61. The maximum absolute atomic E-state index is 10.9. The van der Waals surface area contributed by atoms with E-state index in [1.54, 1.807) is 0 Å². The van der Waals surface area contributed by atoms with Crippen LogP contribution in [0.2, 0.25) is 0 Å². The highest BCUT2D eigenvalue weighted by Gasteiger charge is 2.62. The number of hydrogen-bond donors (Lipinski definition) is 0. The molecular formula is C18H24O2. The molecule has 2 aliphatic rings. The third kappa shape index (κ3) is 1.73. The molecule has 2 bridgehead atoms. The number of carbonyl (C=O) groups excluding carboxylic acids is 1. The fourth-order valence-corrected chi connectivity index (χ4v) is 4.28. The molecule has 2 heteroatoms. The first-order chi connectivity index (χ1) is 9.38. The number of rotatable bonds is 3. The second-order valence-corrected chi connectivity index (χ2v) is 7.36. The number of aldehydes is 1. The minimum atomic E-state index is 0.251. The van der Waals surface area contributed by atoms with Gasteiger partial charge in [-0.3, -0.25) is 4.79 Å². The molecule has 2 fully saturated rings. The summed E-state index contributed by atoms with van der Waals surface area (Å²) in [4.78, 5) is 10.9. The lowest BCUT2D eigenvalue weighted by Gasteiger charge is -2.39. The van der Waals surface area contributed by atoms with E-state index < -0.39 is 0 Å². The number of fused-ring (bicyclic) bond motifs is 2. The molecule has 0 aliphatic heterocycles. The highest BCUT2D eigenvalue weighted by atomic mass is 16.5. The maximum atomic E-state index is 10.9. The van der Waals surface area contributed by atoms with E-state index in [0.717, 1.165) is 29.9 Å². The number of benzene rings is 1. The third-order valence-electron chi connectivity index (χ3n) is 6.33. The van der Waals surface area contributed by atoms with Crippen molar-refractivity contribution in [3.8, 4) is 5.75 Å². The molecule has 0 aromatic heterocycles. The Kier molecular flexibility index (Phi) is 2.97. The first kappa shape index (κ1) is 13.7. The Morgan fingerprint density at radius 1 is 1.30 bits per heavy atom. The monoisotopic (exact) mass is 272 g/mol. The van der Waals surface area contributed by atoms with Gasteiger partial charge in [0.2, 0.25) is 0 Å². The molecule has 0 radical (unpaired) electrons. The van der Waals surface area contributed by atoms with Crippen LogP contribution in [0, 0.1) is 23.7 Å². The van der Waals surface area contributed by atoms with Crippen molar-refractivity contribution in [1.82, 2.24) is 0 Å². The maximum Gasteiger partial charge on any atom is 0.150 e. The minimum Gasteiger partial charge on any atom is -0.490 e. The Balaban J connectivity index is 1.88. The van der Waals surface area contributed by atoms with Crippen molar-refractivity contribution in [2.75, 3.05) is 0 Å². The van der Waals surface area contributed by atoms with E-state index in [1.165, 1.54) is 12.8 Å². The molecule has 108 valence electrons. The van der Waals surface area contributed by atoms with Gasteiger partial charge in [0, 0.05) is 11.0 Å². The van der Waals surface area contributed by atoms with Gasteiger partial charge in [0.15, 0.2) is 0 Å². The zero-order valence-corrected chi connectivity index (χ0v) is 12.9. The summed E-state index contributed by atoms with van der Waals surface area (Å²) >= 11 is 0. The van der Waals surface area contributed by atoms with Gasteiger partial charge in [-0.05, 0) is 49.1 Å². The first-order valence-electron chi connectivity index (χ1n) is 7.61. The molecule has 1 aromatic carbocycles. The lowest BCUT2D eigenvalue weighted by atomic mass is 9.70. The van der Waals surface area contributed by atoms with Crippen LogP contribution in [-0.4, -0.2) is 12.4 Å². The molecule has 3 rings (SSSR count). The van der Waals surface area contributed by atoms with Crippen LogP contribution in [-0.2, 0) is 0 Å². The van der Waals surface area contributed by atoms with Crippen LogP contribution in [0.3, 0.4) is 0 Å². The second kappa shape index (κ2) is 4.34. The van der Waals surface area contributed by atoms with Crippen molar-refractivity contribution < 1.29 is 9.53 Å². The van der Waals surface area contributed by atoms with Gasteiger partial charge in [-0.1, -0.05) is 32.9 Å². The number of carbonyl (C=O) groups is 1. The van der Waals surface area contributed by atoms with E-state index in [2.05, 4.69) is 20.8 Å². The van der Waals surface area contributed by atoms with Crippen LogP contribution in [0.5, 0.6) is 5.75 Å². The van der Waals surface area contributed by atoms with E-state index >= 15 is 0 Å². The van der Waals surface area contributed by atoms with Crippen LogP contribution < -0.4 is 4.74 Å². The van der Waals surface area contributed by atoms with Crippen molar-refractivity contribution in [2.45, 2.75) is 53.1 Å². The van der Waals surface area contributed by atoms with Gasteiger partial charge in [0.05, 0.1) is 0 Å². The number of hydrogen-bond acceptors (Lipinski definition) is 2. The summed E-state index contributed by atoms with van der Waals surface area (Å²) in [6, 6.07) is 5.70. The molecule has 20 heavy (non-hydrogen) atoms. The summed E-state index contributed by atoms with van der Waals surface area (Å²) in [5, 5.41) is 0. The SMILES string of the molecule is Cc1ccc(C=O)cc1OC1CC2CCC1(C)C2(C)C. The Bertz CT molecular complexity index is 546. The summed E-state index contributed by atoms with van der Waals surface area (Å²) in [6.45, 7) is 9.21. The second-order valence-electron chi connectivity index (χ2n) is 7.36. The summed E-state index contributed by atoms with van der Waals surface area (Å²) in [5.74, 6) is 1.65. The van der Waals surface area contributed by atoms with Gasteiger partial charge < -0.3 is 4.74 Å². The molecule has 1 aromatic rings. The van der Waals surface area contributed by atoms with Gasteiger partial charge in [0.25, 0.3) is 0 Å². The van der Waals surface area contributed by atoms with Crippen LogP contribution >= 0.6 is 0 Å². The zero-order valence-electron chi connectivity index (χ0n) is 12.9. The van der Waals surface area contributed by atoms with Gasteiger partial charge in [-0.25, -0.2) is 0 Å². The Labute approximate surface area is 121 Å². The van der Waals surface area contributed by atoms with Crippen molar-refractivity contribution >= 4 is 6.29 Å². The van der Waals surface area contributed by atoms with E-state index in [4.69, 9.17) is 4.74 Å². The van der Waals surface area contributed by atoms with Crippen LogP contribution in [0.1, 0.15) is 56.0 Å². The van der Waals surface area contributed by atoms with Gasteiger partial charge in [-0.15, -0.1) is 0 Å². The molecule has 2 aliphatic carbocycles. The van der Waals surface area contributed by atoms with E-state index in [9.17, 15) is 4.79 Å². The van der Waals surface area contributed by atoms with Crippen molar-refractivity contribution in [3.63, 3.8) is 0 Å². The predicted octanol–water partition coefficient (Wildman–Crippen LogP) is 4.40. The summed E-state index contributed by atoms with van der Waals surface area (Å²) in [6.07, 6.45) is 4.89. The Morgan fingerprint density at radius 3 is 2.60 bits per heavy atom. The fraction of sp³-hybridized carbons (Fsp3) is 0.611. The standard InChI is InChI=1S/C18H24O2/c1-12-5-6-13(11-19)9-15(12)20-16-10-14-7-8-18(16,4)17(14,2)3/h5-6,9,11,14,16H,7-8,10H2,1-4H3. The molecule has 3 atom stereocenters. The average molecular weight is 272 g/mol. The van der Waals surface area contributed by atoms with Crippen molar-refractivity contribution in [1.29, 1.82) is 0 Å². The molecule has 2 nitrogen and oxygen atoms in total. The van der Waals surface area contributed by atoms with Crippen molar-refractivity contribution in [3.05, 3.63) is 29.3 Å². The largest absolute Gasteiger partial charge is 0.490 e. The highest BCUT2D eigenvalue weighted by molar-refractivity contribution is 5.75. The molecule has 0 heterocycles. The average Bonchev–Trinajstić information content (AvgIpc) is 2.74. The lowest BCUT2D eigenvalue weighted by Crippen LogP contribution is -2.39. The van der Waals surface area contributed by atoms with E-state index in [-0.39, 0.29) is 11.5 Å². The Morgan fingerprint density at radius 2 is 2.05 bits per heavy atom. The molecule has 0 amide bonds. The van der Waals surface area contributed by atoms with Gasteiger partial charge >= 0.3 is 0 Å². The minimum absolute atomic E-state index is 0.251. The summed E-state index contributed by atoms with van der Waals surface area (Å²) in [7, 11) is 0. The zero-order chi connectivity index (χ0) is 14.5. The van der Waals surface area contributed by atoms with Crippen LogP contribution in [0.25, 0.3) is 0 Å². The lowest BCUT2D eigenvalue weighted by molar-refractivity contribution is 0.0297. The number of aryl methyl sites for hydroxylation is 1. The van der Waals surface area contributed by atoms with Crippen LogP contribution in [0.4, 0.5) is 0 Å². The molecular weight excluding hydrogens is 248 g/mol. The van der Waals surface area contributed by atoms with Gasteiger partial charge in [-0.2, -0.15) is 0 Å². The quantitative estimate of drug-likeness (QED) is 0.762. The smallest absolute Gasteiger partial charge is 0.150 e. The topological polar surface area (TPSA) is 26.3 Å². The van der Waals surface area contributed by atoms with Gasteiger partial charge in [0.1, 0.15) is 18.1 Å². The summed E-state index contributed by atoms with van der Waals surface area (Å²) in [5.41, 5.74) is 2.41. The summed E-state index contributed by atoms with van der Waals surface area (Å²) < 4.78 is 6.36. The van der Waals surface area contributed by atoms with Crippen LogP contribution in [0.15, 0.2) is 18.2 Å². The predicted molar refractivity (Wildman–Crippen MR) is 80.2 cm³/mol. The van der Waals surface area contributed by atoms with Crippen molar-refractivity contribution in [2.24, 2.45) is 16.7 Å². The molecule has 0 saturated heterocycles. The molecule has 0 N–H and O–H groups in total. The molecule has 3 unspecified atom stereocenters. The van der Waals surface area contributed by atoms with E-state index in [1.807, 2.05) is 25.1 Å².